The van der Waals surface area contributed by atoms with Crippen LogP contribution < -0.4 is 15.8 Å². The molecular weight excluding hydrogens is 228 g/mol. The fraction of sp³-hybridized carbons (Fsp3) is 0.571. The molecule has 0 aliphatic rings. The van der Waals surface area contributed by atoms with E-state index < -0.39 is 0 Å². The van der Waals surface area contributed by atoms with Crippen molar-refractivity contribution in [3.05, 3.63) is 29.3 Å². The van der Waals surface area contributed by atoms with Gasteiger partial charge >= 0.3 is 0 Å². The minimum atomic E-state index is 0.160. The molecule has 0 fully saturated rings. The highest BCUT2D eigenvalue weighted by atomic mass is 16.5. The molecule has 0 bridgehead atoms. The van der Waals surface area contributed by atoms with E-state index in [1.54, 1.807) is 7.11 Å². The molecule has 0 spiro atoms. The second-order valence-corrected chi connectivity index (χ2v) is 4.40. The monoisotopic (exact) mass is 252 g/mol. The van der Waals surface area contributed by atoms with Crippen LogP contribution in [0.2, 0.25) is 0 Å². The maximum Gasteiger partial charge on any atom is 0.121 e. The quantitative estimate of drug-likeness (QED) is 0.611. The van der Waals surface area contributed by atoms with Gasteiger partial charge in [-0.3, -0.25) is 0 Å². The maximum absolute atomic E-state index is 8.73. The van der Waals surface area contributed by atoms with Gasteiger partial charge in [-0.25, -0.2) is 0 Å². The number of nitrogens with one attached hydrogen (secondary N) is 1. The molecule has 0 amide bonds. The highest BCUT2D eigenvalue weighted by molar-refractivity contribution is 5.37. The third kappa shape index (κ3) is 4.29. The number of nitrogens with two attached hydrogens (primary N) is 1. The smallest absolute Gasteiger partial charge is 0.121 e. The average molecular weight is 252 g/mol. The fourth-order valence-corrected chi connectivity index (χ4v) is 1.97. The summed E-state index contributed by atoms with van der Waals surface area (Å²) < 4.78 is 5.25. The molecule has 0 saturated carbocycles. The number of ether oxygens (including phenoxy) is 1. The average Bonchev–Trinajstić information content (AvgIpc) is 2.39. The second-order valence-electron chi connectivity index (χ2n) is 4.40. The van der Waals surface area contributed by atoms with Crippen molar-refractivity contribution in [3.8, 4) is 5.75 Å². The van der Waals surface area contributed by atoms with Crippen LogP contribution in [0.5, 0.6) is 5.75 Å². The Kier molecular flexibility index (Phi) is 6.72. The molecule has 4 nitrogen and oxygen atoms in total. The van der Waals surface area contributed by atoms with Gasteiger partial charge in [-0.2, -0.15) is 0 Å². The summed E-state index contributed by atoms with van der Waals surface area (Å²) in [4.78, 5) is 0. The second kappa shape index (κ2) is 8.08. The van der Waals surface area contributed by atoms with Gasteiger partial charge in [0.1, 0.15) is 5.75 Å². The number of unbranched alkanes of at least 4 members (excludes halogenated alkanes) is 1. The van der Waals surface area contributed by atoms with Gasteiger partial charge in [-0.1, -0.05) is 12.1 Å². The van der Waals surface area contributed by atoms with Crippen molar-refractivity contribution in [3.63, 3.8) is 0 Å². The van der Waals surface area contributed by atoms with Crippen molar-refractivity contribution in [2.45, 2.75) is 25.8 Å². The van der Waals surface area contributed by atoms with E-state index in [9.17, 15) is 0 Å². The topological polar surface area (TPSA) is 67.5 Å². The van der Waals surface area contributed by atoms with Crippen LogP contribution in [0, 0.1) is 6.92 Å². The zero-order valence-corrected chi connectivity index (χ0v) is 11.3. The SMILES string of the molecule is COc1ccc(C(CN)NCCCCO)cc1C. The first-order valence-electron chi connectivity index (χ1n) is 6.41. The predicted molar refractivity (Wildman–Crippen MR) is 73.8 cm³/mol. The van der Waals surface area contributed by atoms with Crippen LogP contribution in [0.15, 0.2) is 18.2 Å². The molecule has 1 unspecified atom stereocenters. The Balaban J connectivity index is 2.61. The minimum absolute atomic E-state index is 0.160. The number of hydrogen-bond donors (Lipinski definition) is 3. The maximum atomic E-state index is 8.73. The normalized spacial score (nSPS) is 12.4. The highest BCUT2D eigenvalue weighted by Gasteiger charge is 2.10. The molecule has 1 atom stereocenters. The predicted octanol–water partition coefficient (Wildman–Crippen LogP) is 1.37. The van der Waals surface area contributed by atoms with Crippen LogP contribution in [0.25, 0.3) is 0 Å². The molecule has 1 rings (SSSR count). The van der Waals surface area contributed by atoms with Crippen molar-refractivity contribution >= 4 is 0 Å². The summed E-state index contributed by atoms with van der Waals surface area (Å²) in [5, 5.41) is 12.1. The van der Waals surface area contributed by atoms with Crippen LogP contribution in [0.3, 0.4) is 0 Å². The van der Waals surface area contributed by atoms with E-state index in [-0.39, 0.29) is 12.6 Å². The van der Waals surface area contributed by atoms with E-state index >= 15 is 0 Å². The third-order valence-electron chi connectivity index (χ3n) is 3.03. The van der Waals surface area contributed by atoms with Crippen LogP contribution >= 0.6 is 0 Å². The fourth-order valence-electron chi connectivity index (χ4n) is 1.97. The molecule has 102 valence electrons. The number of methoxy groups -OCH3 is 1. The first kappa shape index (κ1) is 15.0. The number of hydrogen-bond acceptors (Lipinski definition) is 4. The van der Waals surface area contributed by atoms with E-state index in [4.69, 9.17) is 15.6 Å². The van der Waals surface area contributed by atoms with Gasteiger partial charge in [-0.05, 0) is 43.5 Å². The molecule has 0 heterocycles. The molecule has 18 heavy (non-hydrogen) atoms. The zero-order chi connectivity index (χ0) is 13.4. The molecule has 0 aliphatic heterocycles. The summed E-state index contributed by atoms with van der Waals surface area (Å²) in [5.41, 5.74) is 8.09. The summed E-state index contributed by atoms with van der Waals surface area (Å²) >= 11 is 0. The molecule has 0 radical (unpaired) electrons. The van der Waals surface area contributed by atoms with E-state index in [1.165, 1.54) is 5.56 Å². The Morgan fingerprint density at radius 1 is 1.39 bits per heavy atom. The van der Waals surface area contributed by atoms with Crippen molar-refractivity contribution in [2.24, 2.45) is 5.73 Å². The third-order valence-corrected chi connectivity index (χ3v) is 3.03. The molecule has 1 aromatic rings. The number of aryl methyl sites for hydroxylation is 1. The largest absolute Gasteiger partial charge is 0.496 e. The summed E-state index contributed by atoms with van der Waals surface area (Å²) in [6, 6.07) is 6.29. The number of aliphatic hydroxyl groups is 1. The Hall–Kier alpha value is -1.10. The van der Waals surface area contributed by atoms with E-state index in [1.807, 2.05) is 19.1 Å². The van der Waals surface area contributed by atoms with Crippen LogP contribution in [-0.4, -0.2) is 31.9 Å². The molecule has 0 aromatic heterocycles. The van der Waals surface area contributed by atoms with Crippen molar-refractivity contribution < 1.29 is 9.84 Å². The Morgan fingerprint density at radius 2 is 2.17 bits per heavy atom. The lowest BCUT2D eigenvalue weighted by molar-refractivity contribution is 0.282. The van der Waals surface area contributed by atoms with E-state index in [0.29, 0.717) is 6.54 Å². The standard InChI is InChI=1S/C14H24N2O2/c1-11-9-12(5-6-14(11)18-2)13(10-15)16-7-3-4-8-17/h5-6,9,13,16-17H,3-4,7-8,10,15H2,1-2H3. The van der Waals surface area contributed by atoms with Gasteiger partial charge < -0.3 is 20.9 Å². The summed E-state index contributed by atoms with van der Waals surface area (Å²) in [5.74, 6) is 0.898. The lowest BCUT2D eigenvalue weighted by Gasteiger charge is -2.18. The van der Waals surface area contributed by atoms with Crippen molar-refractivity contribution in [2.75, 3.05) is 26.8 Å². The highest BCUT2D eigenvalue weighted by Crippen LogP contribution is 2.22. The van der Waals surface area contributed by atoms with Crippen molar-refractivity contribution in [1.29, 1.82) is 0 Å². The zero-order valence-electron chi connectivity index (χ0n) is 11.3. The molecule has 0 saturated heterocycles. The minimum Gasteiger partial charge on any atom is -0.496 e. The Labute approximate surface area is 109 Å². The molecule has 0 aliphatic carbocycles. The lowest BCUT2D eigenvalue weighted by Crippen LogP contribution is -2.29. The van der Waals surface area contributed by atoms with Crippen LogP contribution in [0.4, 0.5) is 0 Å². The number of benzene rings is 1. The Morgan fingerprint density at radius 3 is 2.72 bits per heavy atom. The summed E-state index contributed by atoms with van der Waals surface area (Å²) in [6.07, 6.45) is 1.79. The van der Waals surface area contributed by atoms with Gasteiger partial charge in [-0.15, -0.1) is 0 Å². The number of rotatable bonds is 8. The van der Waals surface area contributed by atoms with E-state index in [0.717, 1.165) is 30.7 Å². The Bertz CT molecular complexity index is 356. The van der Waals surface area contributed by atoms with Gasteiger partial charge in [0.25, 0.3) is 0 Å². The van der Waals surface area contributed by atoms with E-state index in [2.05, 4.69) is 11.4 Å². The molecular formula is C14H24N2O2. The lowest BCUT2D eigenvalue weighted by atomic mass is 10.0. The first-order valence-corrected chi connectivity index (χ1v) is 6.41. The molecule has 4 N–H and O–H groups in total. The first-order chi connectivity index (χ1) is 8.72. The van der Waals surface area contributed by atoms with Crippen LogP contribution in [-0.2, 0) is 0 Å². The summed E-state index contributed by atoms with van der Waals surface area (Å²) in [7, 11) is 1.68. The van der Waals surface area contributed by atoms with Gasteiger partial charge in [0.2, 0.25) is 0 Å². The van der Waals surface area contributed by atoms with Gasteiger partial charge in [0.15, 0.2) is 0 Å². The van der Waals surface area contributed by atoms with Gasteiger partial charge in [0, 0.05) is 19.2 Å². The van der Waals surface area contributed by atoms with Crippen molar-refractivity contribution in [1.82, 2.24) is 5.32 Å². The molecule has 4 heteroatoms. The van der Waals surface area contributed by atoms with Crippen LogP contribution in [0.1, 0.15) is 30.0 Å². The number of aliphatic hydroxyl groups excluding tert-OH is 1. The summed E-state index contributed by atoms with van der Waals surface area (Å²) in [6.45, 7) is 3.71. The van der Waals surface area contributed by atoms with Gasteiger partial charge in [0.05, 0.1) is 7.11 Å². The molecule has 1 aromatic carbocycles.